The number of nitrogens with one attached hydrogen (secondary N) is 2. The molecule has 5 heteroatoms. The number of nitrogens with zero attached hydrogens (tertiary/aromatic N) is 2. The van der Waals surface area contributed by atoms with Crippen LogP contribution in [0.3, 0.4) is 0 Å². The molecule has 2 aromatic rings. The Morgan fingerprint density at radius 2 is 2.10 bits per heavy atom. The third-order valence-corrected chi connectivity index (χ3v) is 2.77. The molecule has 1 aromatic heterocycles. The number of aromatic nitrogens is 2. The Hall–Kier alpha value is -2.69. The fourth-order valence-electron chi connectivity index (χ4n) is 1.85. The second-order valence-corrected chi connectivity index (χ2v) is 4.71. The van der Waals surface area contributed by atoms with Gasteiger partial charge in [-0.1, -0.05) is 18.2 Å². The van der Waals surface area contributed by atoms with E-state index in [-0.39, 0.29) is 5.91 Å². The molecule has 0 aliphatic heterocycles. The van der Waals surface area contributed by atoms with E-state index >= 15 is 0 Å². The molecule has 1 heterocycles. The van der Waals surface area contributed by atoms with Crippen molar-refractivity contribution in [1.82, 2.24) is 9.97 Å². The summed E-state index contributed by atoms with van der Waals surface area (Å²) in [5.74, 6) is 0.164. The summed E-state index contributed by atoms with van der Waals surface area (Å²) >= 11 is 0. The maximum Gasteiger partial charge on any atom is 0.274 e. The number of carbonyl (C=O) groups excluding carboxylic acids is 1. The van der Waals surface area contributed by atoms with Crippen LogP contribution in [-0.2, 0) is 0 Å². The van der Waals surface area contributed by atoms with E-state index in [1.165, 1.54) is 0 Å². The van der Waals surface area contributed by atoms with Crippen LogP contribution >= 0.6 is 0 Å². The molecule has 0 saturated carbocycles. The molecule has 0 aliphatic carbocycles. The Bertz CT molecular complexity index is 667. The summed E-state index contributed by atoms with van der Waals surface area (Å²) in [7, 11) is 0. The zero-order valence-corrected chi connectivity index (χ0v) is 12.2. The van der Waals surface area contributed by atoms with Crippen molar-refractivity contribution in [2.24, 2.45) is 0 Å². The van der Waals surface area contributed by atoms with Crippen LogP contribution in [0.5, 0.6) is 0 Å². The number of amides is 1. The molecule has 1 amide bonds. The molecule has 0 spiro atoms. The summed E-state index contributed by atoms with van der Waals surface area (Å²) in [6, 6.07) is 9.28. The van der Waals surface area contributed by atoms with E-state index in [9.17, 15) is 4.79 Å². The number of rotatable bonds is 5. The molecular weight excluding hydrogens is 264 g/mol. The Kier molecular flexibility index (Phi) is 4.66. The van der Waals surface area contributed by atoms with Crippen molar-refractivity contribution in [3.8, 4) is 0 Å². The lowest BCUT2D eigenvalue weighted by atomic mass is 10.2. The predicted molar refractivity (Wildman–Crippen MR) is 84.6 cm³/mol. The molecule has 21 heavy (non-hydrogen) atoms. The molecular formula is C16H18N4O. The third kappa shape index (κ3) is 4.14. The van der Waals surface area contributed by atoms with E-state index in [0.717, 1.165) is 16.9 Å². The SMILES string of the molecule is C=CCNc1nc(C)cc(C(=O)Nc2cccc(C)c2)n1. The second-order valence-electron chi connectivity index (χ2n) is 4.71. The number of aryl methyl sites for hydroxylation is 2. The van der Waals surface area contributed by atoms with Gasteiger partial charge in [-0.2, -0.15) is 0 Å². The zero-order chi connectivity index (χ0) is 15.2. The zero-order valence-electron chi connectivity index (χ0n) is 12.2. The molecule has 0 atom stereocenters. The molecule has 5 nitrogen and oxygen atoms in total. The Morgan fingerprint density at radius 3 is 2.81 bits per heavy atom. The van der Waals surface area contributed by atoms with Crippen LogP contribution in [0.1, 0.15) is 21.7 Å². The average Bonchev–Trinajstić information content (AvgIpc) is 2.44. The summed E-state index contributed by atoms with van der Waals surface area (Å²) in [5, 5.41) is 5.82. The highest BCUT2D eigenvalue weighted by Crippen LogP contribution is 2.12. The Labute approximate surface area is 124 Å². The molecule has 0 unspecified atom stereocenters. The molecule has 0 radical (unpaired) electrons. The van der Waals surface area contributed by atoms with Gasteiger partial charge < -0.3 is 10.6 Å². The van der Waals surface area contributed by atoms with Crippen molar-refractivity contribution in [3.63, 3.8) is 0 Å². The van der Waals surface area contributed by atoms with Crippen LogP contribution in [0.15, 0.2) is 43.0 Å². The normalized spacial score (nSPS) is 10.0. The molecule has 0 fully saturated rings. The first-order valence-corrected chi connectivity index (χ1v) is 6.67. The van der Waals surface area contributed by atoms with Crippen molar-refractivity contribution in [1.29, 1.82) is 0 Å². The molecule has 2 rings (SSSR count). The van der Waals surface area contributed by atoms with E-state index in [4.69, 9.17) is 0 Å². The minimum atomic E-state index is -0.257. The minimum absolute atomic E-state index is 0.257. The number of carbonyl (C=O) groups is 1. The first kappa shape index (κ1) is 14.7. The van der Waals surface area contributed by atoms with Gasteiger partial charge in [-0.3, -0.25) is 4.79 Å². The van der Waals surface area contributed by atoms with Gasteiger partial charge in [-0.15, -0.1) is 6.58 Å². The van der Waals surface area contributed by atoms with Gasteiger partial charge in [0.1, 0.15) is 5.69 Å². The third-order valence-electron chi connectivity index (χ3n) is 2.77. The second kappa shape index (κ2) is 6.65. The molecule has 0 saturated heterocycles. The largest absolute Gasteiger partial charge is 0.351 e. The highest BCUT2D eigenvalue weighted by molar-refractivity contribution is 6.03. The van der Waals surface area contributed by atoms with Gasteiger partial charge >= 0.3 is 0 Å². The maximum absolute atomic E-state index is 12.3. The van der Waals surface area contributed by atoms with E-state index in [0.29, 0.717) is 18.2 Å². The van der Waals surface area contributed by atoms with Crippen LogP contribution in [0.2, 0.25) is 0 Å². The topological polar surface area (TPSA) is 66.9 Å². The molecule has 1 aromatic carbocycles. The van der Waals surface area contributed by atoms with Crippen molar-refractivity contribution in [3.05, 3.63) is 59.9 Å². The van der Waals surface area contributed by atoms with Gasteiger partial charge in [-0.05, 0) is 37.6 Å². The van der Waals surface area contributed by atoms with E-state index < -0.39 is 0 Å². The number of hydrogen-bond acceptors (Lipinski definition) is 4. The van der Waals surface area contributed by atoms with E-state index in [1.54, 1.807) is 12.1 Å². The Morgan fingerprint density at radius 1 is 1.29 bits per heavy atom. The molecule has 0 bridgehead atoms. The standard InChI is InChI=1S/C16H18N4O/c1-4-8-17-16-18-12(3)10-14(20-16)15(21)19-13-7-5-6-11(2)9-13/h4-7,9-10H,1,8H2,2-3H3,(H,19,21)(H,17,18,20). The lowest BCUT2D eigenvalue weighted by Crippen LogP contribution is -2.16. The van der Waals surface area contributed by atoms with Crippen LogP contribution in [-0.4, -0.2) is 22.4 Å². The van der Waals surface area contributed by atoms with Gasteiger partial charge in [0, 0.05) is 17.9 Å². The highest BCUT2D eigenvalue weighted by atomic mass is 16.1. The van der Waals surface area contributed by atoms with Crippen molar-refractivity contribution in [2.75, 3.05) is 17.2 Å². The molecule has 108 valence electrons. The van der Waals surface area contributed by atoms with Crippen molar-refractivity contribution in [2.45, 2.75) is 13.8 Å². The minimum Gasteiger partial charge on any atom is -0.351 e. The highest BCUT2D eigenvalue weighted by Gasteiger charge is 2.10. The summed E-state index contributed by atoms with van der Waals surface area (Å²) < 4.78 is 0. The van der Waals surface area contributed by atoms with Crippen LogP contribution in [0.4, 0.5) is 11.6 Å². The van der Waals surface area contributed by atoms with Crippen LogP contribution < -0.4 is 10.6 Å². The smallest absolute Gasteiger partial charge is 0.274 e. The first-order chi connectivity index (χ1) is 10.1. The van der Waals surface area contributed by atoms with Crippen LogP contribution in [0.25, 0.3) is 0 Å². The average molecular weight is 282 g/mol. The van der Waals surface area contributed by atoms with E-state index in [2.05, 4.69) is 27.2 Å². The van der Waals surface area contributed by atoms with Gasteiger partial charge in [0.15, 0.2) is 0 Å². The lowest BCUT2D eigenvalue weighted by Gasteiger charge is -2.08. The van der Waals surface area contributed by atoms with Gasteiger partial charge in [-0.25, -0.2) is 9.97 Å². The first-order valence-electron chi connectivity index (χ1n) is 6.67. The fourth-order valence-corrected chi connectivity index (χ4v) is 1.85. The lowest BCUT2D eigenvalue weighted by molar-refractivity contribution is 0.102. The van der Waals surface area contributed by atoms with Gasteiger partial charge in [0.25, 0.3) is 5.91 Å². The summed E-state index contributed by atoms with van der Waals surface area (Å²) in [5.41, 5.74) is 2.89. The maximum atomic E-state index is 12.3. The summed E-state index contributed by atoms with van der Waals surface area (Å²) in [4.78, 5) is 20.7. The van der Waals surface area contributed by atoms with Crippen LogP contribution in [0, 0.1) is 13.8 Å². The van der Waals surface area contributed by atoms with E-state index in [1.807, 2.05) is 38.1 Å². The predicted octanol–water partition coefficient (Wildman–Crippen LogP) is 2.94. The number of benzene rings is 1. The summed E-state index contributed by atoms with van der Waals surface area (Å²) in [6.07, 6.45) is 1.71. The van der Waals surface area contributed by atoms with Crippen molar-refractivity contribution >= 4 is 17.5 Å². The van der Waals surface area contributed by atoms with Gasteiger partial charge in [0.2, 0.25) is 5.95 Å². The molecule has 2 N–H and O–H groups in total. The molecule has 0 aliphatic rings. The van der Waals surface area contributed by atoms with Crippen molar-refractivity contribution < 1.29 is 4.79 Å². The number of anilines is 2. The monoisotopic (exact) mass is 282 g/mol. The summed E-state index contributed by atoms with van der Waals surface area (Å²) in [6.45, 7) is 7.96. The van der Waals surface area contributed by atoms with Gasteiger partial charge in [0.05, 0.1) is 0 Å². The quantitative estimate of drug-likeness (QED) is 0.827. The number of hydrogen-bond donors (Lipinski definition) is 2. The fraction of sp³-hybridized carbons (Fsp3) is 0.188. The Balaban J connectivity index is 2.18.